The fourth-order valence-corrected chi connectivity index (χ4v) is 4.05. The number of nitrogens with one attached hydrogen (secondary N) is 1. The van der Waals surface area contributed by atoms with E-state index in [-0.39, 0.29) is 22.9 Å². The van der Waals surface area contributed by atoms with Gasteiger partial charge >= 0.3 is 0 Å². The van der Waals surface area contributed by atoms with Crippen molar-refractivity contribution in [2.45, 2.75) is 12.8 Å². The van der Waals surface area contributed by atoms with Crippen LogP contribution in [0.4, 0.5) is 0 Å². The van der Waals surface area contributed by atoms with Gasteiger partial charge in [0, 0.05) is 38.4 Å². The zero-order chi connectivity index (χ0) is 20.4. The summed E-state index contributed by atoms with van der Waals surface area (Å²) in [6.45, 7) is 1.71. The Balaban J connectivity index is 1.30. The van der Waals surface area contributed by atoms with Crippen molar-refractivity contribution in [1.82, 2.24) is 23.5 Å². The van der Waals surface area contributed by atoms with Crippen LogP contribution >= 0.6 is 11.7 Å². The topological polar surface area (TPSA) is 97.2 Å². The van der Waals surface area contributed by atoms with Gasteiger partial charge in [-0.05, 0) is 49.1 Å². The molecule has 2 amide bonds. The number of carbonyl (C=O) groups is 2. The lowest BCUT2D eigenvalue weighted by atomic mass is 9.96. The van der Waals surface area contributed by atoms with Gasteiger partial charge in [0.2, 0.25) is 0 Å². The van der Waals surface area contributed by atoms with Crippen molar-refractivity contribution < 1.29 is 9.59 Å². The van der Waals surface area contributed by atoms with E-state index < -0.39 is 0 Å². The zero-order valence-corrected chi connectivity index (χ0v) is 16.8. The van der Waals surface area contributed by atoms with Gasteiger partial charge in [-0.15, -0.1) is 0 Å². The minimum atomic E-state index is -0.279. The lowest BCUT2D eigenvalue weighted by Gasteiger charge is -2.32. The van der Waals surface area contributed by atoms with Crippen molar-refractivity contribution in [1.29, 1.82) is 0 Å². The maximum atomic E-state index is 12.6. The summed E-state index contributed by atoms with van der Waals surface area (Å²) in [6.07, 6.45) is 3.21. The molecule has 0 saturated carbocycles. The molecule has 8 nitrogen and oxygen atoms in total. The smallest absolute Gasteiger partial charge is 0.263 e. The molecule has 0 aliphatic carbocycles. The SMILES string of the molecule is Cn1cccc(C(=O)N2CCC(CNC(=O)c3ccc4nsnc4c3)CC2)c1=O. The molecule has 150 valence electrons. The van der Waals surface area contributed by atoms with Gasteiger partial charge in [-0.1, -0.05) is 0 Å². The average Bonchev–Trinajstić information content (AvgIpc) is 3.22. The molecule has 2 aromatic heterocycles. The van der Waals surface area contributed by atoms with Gasteiger partial charge in [0.25, 0.3) is 17.4 Å². The van der Waals surface area contributed by atoms with Gasteiger partial charge in [-0.3, -0.25) is 14.4 Å². The van der Waals surface area contributed by atoms with Gasteiger partial charge < -0.3 is 14.8 Å². The van der Waals surface area contributed by atoms with Crippen LogP contribution in [0.3, 0.4) is 0 Å². The number of benzene rings is 1. The Labute approximate surface area is 171 Å². The van der Waals surface area contributed by atoms with Crippen molar-refractivity contribution in [2.24, 2.45) is 13.0 Å². The summed E-state index contributed by atoms with van der Waals surface area (Å²) < 4.78 is 9.71. The number of rotatable bonds is 4. The highest BCUT2D eigenvalue weighted by atomic mass is 32.1. The van der Waals surface area contributed by atoms with Crippen molar-refractivity contribution in [3.63, 3.8) is 0 Å². The third kappa shape index (κ3) is 4.04. The molecule has 0 radical (unpaired) electrons. The normalized spacial score (nSPS) is 14.9. The van der Waals surface area contributed by atoms with Crippen LogP contribution in [-0.4, -0.2) is 49.7 Å². The van der Waals surface area contributed by atoms with E-state index in [1.807, 2.05) is 0 Å². The van der Waals surface area contributed by atoms with E-state index in [2.05, 4.69) is 14.1 Å². The lowest BCUT2D eigenvalue weighted by Crippen LogP contribution is -2.43. The standard InChI is InChI=1S/C20H21N5O3S/c1-24-8-2-3-15(19(24)27)20(28)25-9-6-13(7-10-25)12-21-18(26)14-4-5-16-17(11-14)23-29-22-16/h2-5,8,11,13H,6-7,9-10,12H2,1H3,(H,21,26). The maximum Gasteiger partial charge on any atom is 0.263 e. The second-order valence-corrected chi connectivity index (χ2v) is 7.78. The van der Waals surface area contributed by atoms with E-state index in [1.165, 1.54) is 4.57 Å². The van der Waals surface area contributed by atoms with Gasteiger partial charge in [0.15, 0.2) is 0 Å². The van der Waals surface area contributed by atoms with Gasteiger partial charge in [-0.25, -0.2) is 0 Å². The minimum Gasteiger partial charge on any atom is -0.352 e. The third-order valence-electron chi connectivity index (χ3n) is 5.32. The molecule has 1 aliphatic heterocycles. The summed E-state index contributed by atoms with van der Waals surface area (Å²) in [5.74, 6) is -0.0590. The predicted octanol–water partition coefficient (Wildman–Crippen LogP) is 1.67. The molecule has 0 atom stereocenters. The fraction of sp³-hybridized carbons (Fsp3) is 0.350. The van der Waals surface area contributed by atoms with Gasteiger partial charge in [-0.2, -0.15) is 8.75 Å². The molecule has 3 heterocycles. The summed E-state index contributed by atoms with van der Waals surface area (Å²) in [5, 5.41) is 2.98. The molecule has 1 aliphatic rings. The van der Waals surface area contributed by atoms with E-state index in [0.29, 0.717) is 31.1 Å². The summed E-state index contributed by atoms with van der Waals surface area (Å²) >= 11 is 1.13. The number of aryl methyl sites for hydroxylation is 1. The maximum absolute atomic E-state index is 12.6. The Morgan fingerprint density at radius 3 is 2.72 bits per heavy atom. The third-order valence-corrected chi connectivity index (χ3v) is 5.88. The monoisotopic (exact) mass is 411 g/mol. The minimum absolute atomic E-state index is 0.133. The highest BCUT2D eigenvalue weighted by molar-refractivity contribution is 7.00. The van der Waals surface area contributed by atoms with Crippen LogP contribution < -0.4 is 10.9 Å². The van der Waals surface area contributed by atoms with Gasteiger partial charge in [0.05, 0.1) is 11.7 Å². The Hall–Kier alpha value is -3.07. The molecule has 3 aromatic rings. The number of hydrogen-bond acceptors (Lipinski definition) is 6. The van der Waals surface area contributed by atoms with Crippen LogP contribution in [0, 0.1) is 5.92 Å². The summed E-state index contributed by atoms with van der Waals surface area (Å²) in [4.78, 5) is 38.9. The van der Waals surface area contributed by atoms with Crippen LogP contribution in [0.2, 0.25) is 0 Å². The first-order valence-electron chi connectivity index (χ1n) is 9.48. The van der Waals surface area contributed by atoms with Crippen LogP contribution in [0.15, 0.2) is 41.3 Å². The van der Waals surface area contributed by atoms with Crippen LogP contribution in [-0.2, 0) is 7.05 Å². The fourth-order valence-electron chi connectivity index (χ4n) is 3.53. The largest absolute Gasteiger partial charge is 0.352 e. The predicted molar refractivity (Wildman–Crippen MR) is 110 cm³/mol. The van der Waals surface area contributed by atoms with Crippen molar-refractivity contribution in [3.8, 4) is 0 Å². The molecular formula is C20H21N5O3S. The molecular weight excluding hydrogens is 390 g/mol. The molecule has 1 aromatic carbocycles. The Morgan fingerprint density at radius 1 is 1.17 bits per heavy atom. The highest BCUT2D eigenvalue weighted by Gasteiger charge is 2.25. The van der Waals surface area contributed by atoms with Crippen molar-refractivity contribution in [3.05, 3.63) is 58.0 Å². The van der Waals surface area contributed by atoms with E-state index in [9.17, 15) is 14.4 Å². The molecule has 9 heteroatoms. The molecule has 1 N–H and O–H groups in total. The Morgan fingerprint density at radius 2 is 1.93 bits per heavy atom. The quantitative estimate of drug-likeness (QED) is 0.704. The summed E-state index contributed by atoms with van der Waals surface area (Å²) in [5.41, 5.74) is 2.00. The number of piperidine rings is 1. The molecule has 29 heavy (non-hydrogen) atoms. The van der Waals surface area contributed by atoms with Gasteiger partial charge in [0.1, 0.15) is 16.6 Å². The molecule has 4 rings (SSSR count). The molecule has 0 bridgehead atoms. The van der Waals surface area contributed by atoms with Crippen LogP contribution in [0.5, 0.6) is 0 Å². The van der Waals surface area contributed by atoms with Crippen LogP contribution in [0.25, 0.3) is 11.0 Å². The number of nitrogens with zero attached hydrogens (tertiary/aromatic N) is 4. The number of hydrogen-bond donors (Lipinski definition) is 1. The first kappa shape index (κ1) is 19.3. The zero-order valence-electron chi connectivity index (χ0n) is 16.0. The molecule has 0 spiro atoms. The number of carbonyl (C=O) groups excluding carboxylic acids is 2. The summed E-state index contributed by atoms with van der Waals surface area (Å²) in [6, 6.07) is 8.57. The van der Waals surface area contributed by atoms with Crippen molar-refractivity contribution in [2.75, 3.05) is 19.6 Å². The first-order chi connectivity index (χ1) is 14.0. The average molecular weight is 411 g/mol. The number of likely N-dealkylation sites (tertiary alicyclic amines) is 1. The summed E-state index contributed by atoms with van der Waals surface area (Å²) in [7, 11) is 1.64. The van der Waals surface area contributed by atoms with Crippen molar-refractivity contribution >= 4 is 34.6 Å². The molecule has 0 unspecified atom stereocenters. The second-order valence-electron chi connectivity index (χ2n) is 7.25. The first-order valence-corrected chi connectivity index (χ1v) is 10.2. The molecule has 1 fully saturated rings. The number of aromatic nitrogens is 3. The Kier molecular flexibility index (Phi) is 5.39. The number of fused-ring (bicyclic) bond motifs is 1. The van der Waals surface area contributed by atoms with Crippen LogP contribution in [0.1, 0.15) is 33.6 Å². The number of amides is 2. The van der Waals surface area contributed by atoms with E-state index >= 15 is 0 Å². The van der Waals surface area contributed by atoms with E-state index in [0.717, 1.165) is 35.6 Å². The van der Waals surface area contributed by atoms with E-state index in [1.54, 1.807) is 48.5 Å². The van der Waals surface area contributed by atoms with E-state index in [4.69, 9.17) is 0 Å². The lowest BCUT2D eigenvalue weighted by molar-refractivity contribution is 0.0682. The highest BCUT2D eigenvalue weighted by Crippen LogP contribution is 2.18. The molecule has 1 saturated heterocycles. The number of pyridine rings is 1. The second kappa shape index (κ2) is 8.12. The Bertz CT molecular complexity index is 1110.